The number of thioether (sulfide) groups is 1. The molecule has 26 heavy (non-hydrogen) atoms. The molecule has 0 unspecified atom stereocenters. The first-order valence-electron chi connectivity index (χ1n) is 8.57. The highest BCUT2D eigenvalue weighted by molar-refractivity contribution is 7.99. The van der Waals surface area contributed by atoms with Gasteiger partial charge in [0.25, 0.3) is 0 Å². The minimum absolute atomic E-state index is 0.0281. The normalized spacial score (nSPS) is 10.6. The standard InChI is InChI=1S/C17H24N6O2S/c1-4-10-22(11-15(24)18-14-9-7-6-8-13(14)3)16(25)12-26-17-19-20-21-23(17)5-2/h6-9H,4-5,10-12H2,1-3H3,(H,18,24). The number of para-hydroxylation sites is 1. The van der Waals surface area contributed by atoms with Crippen LogP contribution < -0.4 is 5.32 Å². The zero-order valence-corrected chi connectivity index (χ0v) is 16.1. The number of rotatable bonds is 9. The van der Waals surface area contributed by atoms with E-state index in [1.54, 1.807) is 9.58 Å². The Hall–Kier alpha value is -2.42. The highest BCUT2D eigenvalue weighted by Gasteiger charge is 2.18. The molecule has 0 aliphatic carbocycles. The van der Waals surface area contributed by atoms with Gasteiger partial charge in [0.2, 0.25) is 17.0 Å². The zero-order valence-electron chi connectivity index (χ0n) is 15.3. The van der Waals surface area contributed by atoms with E-state index in [-0.39, 0.29) is 24.1 Å². The molecule has 0 saturated heterocycles. The summed E-state index contributed by atoms with van der Waals surface area (Å²) >= 11 is 1.28. The molecule has 0 bridgehead atoms. The first-order chi connectivity index (χ1) is 12.5. The average molecular weight is 376 g/mol. The lowest BCUT2D eigenvalue weighted by atomic mass is 10.2. The zero-order chi connectivity index (χ0) is 18.9. The molecule has 0 atom stereocenters. The number of carbonyl (C=O) groups excluding carboxylic acids is 2. The SMILES string of the molecule is CCCN(CC(=O)Nc1ccccc1C)C(=O)CSc1nnnn1CC. The third-order valence-corrected chi connectivity index (χ3v) is 4.67. The molecule has 1 aromatic carbocycles. The van der Waals surface area contributed by atoms with Crippen molar-refractivity contribution in [3.63, 3.8) is 0 Å². The summed E-state index contributed by atoms with van der Waals surface area (Å²) in [6.07, 6.45) is 0.779. The van der Waals surface area contributed by atoms with Crippen molar-refractivity contribution in [2.75, 3.05) is 24.2 Å². The van der Waals surface area contributed by atoms with Crippen molar-refractivity contribution in [1.29, 1.82) is 0 Å². The van der Waals surface area contributed by atoms with Crippen LogP contribution in [0.5, 0.6) is 0 Å². The Morgan fingerprint density at radius 1 is 1.27 bits per heavy atom. The first kappa shape index (κ1) is 19.9. The van der Waals surface area contributed by atoms with Crippen LogP contribution in [-0.4, -0.2) is 55.8 Å². The number of hydrogen-bond acceptors (Lipinski definition) is 6. The van der Waals surface area contributed by atoms with E-state index in [1.165, 1.54) is 11.8 Å². The van der Waals surface area contributed by atoms with Crippen LogP contribution in [0.3, 0.4) is 0 Å². The third-order valence-electron chi connectivity index (χ3n) is 3.72. The van der Waals surface area contributed by atoms with E-state index in [2.05, 4.69) is 20.8 Å². The molecule has 0 aliphatic rings. The van der Waals surface area contributed by atoms with Gasteiger partial charge in [-0.05, 0) is 42.3 Å². The molecule has 0 saturated carbocycles. The van der Waals surface area contributed by atoms with Crippen LogP contribution in [-0.2, 0) is 16.1 Å². The quantitative estimate of drug-likeness (QED) is 0.673. The molecule has 2 amide bonds. The lowest BCUT2D eigenvalue weighted by Gasteiger charge is -2.21. The largest absolute Gasteiger partial charge is 0.333 e. The van der Waals surface area contributed by atoms with Gasteiger partial charge < -0.3 is 10.2 Å². The molecule has 0 radical (unpaired) electrons. The molecule has 0 aliphatic heterocycles. The van der Waals surface area contributed by atoms with E-state index in [1.807, 2.05) is 45.0 Å². The molecule has 8 nitrogen and oxygen atoms in total. The van der Waals surface area contributed by atoms with Crippen molar-refractivity contribution >= 4 is 29.3 Å². The molecule has 9 heteroatoms. The van der Waals surface area contributed by atoms with Gasteiger partial charge >= 0.3 is 0 Å². The van der Waals surface area contributed by atoms with Crippen molar-refractivity contribution in [3.05, 3.63) is 29.8 Å². The highest BCUT2D eigenvalue weighted by Crippen LogP contribution is 2.15. The fourth-order valence-electron chi connectivity index (χ4n) is 2.35. The molecule has 2 aromatic rings. The fourth-order valence-corrected chi connectivity index (χ4v) is 3.20. The Balaban J connectivity index is 1.93. The summed E-state index contributed by atoms with van der Waals surface area (Å²) in [6.45, 7) is 7.03. The van der Waals surface area contributed by atoms with Crippen molar-refractivity contribution in [3.8, 4) is 0 Å². The molecule has 1 heterocycles. The molecule has 0 fully saturated rings. The second-order valence-corrected chi connectivity index (χ2v) is 6.69. The number of hydrogen-bond donors (Lipinski definition) is 1. The van der Waals surface area contributed by atoms with Crippen molar-refractivity contribution < 1.29 is 9.59 Å². The minimum Gasteiger partial charge on any atom is -0.333 e. The number of carbonyl (C=O) groups is 2. The lowest BCUT2D eigenvalue weighted by molar-refractivity contribution is -0.132. The molecule has 0 spiro atoms. The highest BCUT2D eigenvalue weighted by atomic mass is 32.2. The van der Waals surface area contributed by atoms with Crippen molar-refractivity contribution in [2.45, 2.75) is 38.9 Å². The number of tetrazole rings is 1. The Morgan fingerprint density at radius 2 is 2.04 bits per heavy atom. The van der Waals surface area contributed by atoms with Crippen LogP contribution in [0.4, 0.5) is 5.69 Å². The molecule has 1 N–H and O–H groups in total. The fraction of sp³-hybridized carbons (Fsp3) is 0.471. The maximum Gasteiger partial charge on any atom is 0.244 e. The topological polar surface area (TPSA) is 93.0 Å². The Labute approximate surface area is 157 Å². The van der Waals surface area contributed by atoms with Crippen LogP contribution in [0.15, 0.2) is 29.4 Å². The van der Waals surface area contributed by atoms with E-state index in [4.69, 9.17) is 0 Å². The van der Waals surface area contributed by atoms with E-state index < -0.39 is 0 Å². The van der Waals surface area contributed by atoms with Gasteiger partial charge in [0, 0.05) is 18.8 Å². The van der Waals surface area contributed by atoms with E-state index in [0.717, 1.165) is 17.7 Å². The second kappa shape index (κ2) is 9.91. The lowest BCUT2D eigenvalue weighted by Crippen LogP contribution is -2.39. The summed E-state index contributed by atoms with van der Waals surface area (Å²) in [4.78, 5) is 26.4. The number of amides is 2. The Kier molecular flexibility index (Phi) is 7.58. The Bertz CT molecular complexity index is 748. The molecule has 1 aromatic heterocycles. The average Bonchev–Trinajstić information content (AvgIpc) is 3.09. The summed E-state index contributed by atoms with van der Waals surface area (Å²) in [7, 11) is 0. The maximum atomic E-state index is 12.5. The monoisotopic (exact) mass is 376 g/mol. The van der Waals surface area contributed by atoms with Gasteiger partial charge in [0.05, 0.1) is 12.3 Å². The van der Waals surface area contributed by atoms with E-state index in [0.29, 0.717) is 18.2 Å². The molecular weight excluding hydrogens is 352 g/mol. The van der Waals surface area contributed by atoms with Crippen molar-refractivity contribution in [1.82, 2.24) is 25.1 Å². The number of aromatic nitrogens is 4. The van der Waals surface area contributed by atoms with Crippen LogP contribution >= 0.6 is 11.8 Å². The maximum absolute atomic E-state index is 12.5. The van der Waals surface area contributed by atoms with Gasteiger partial charge in [-0.2, -0.15) is 0 Å². The number of benzene rings is 1. The second-order valence-electron chi connectivity index (χ2n) is 5.74. The van der Waals surface area contributed by atoms with Gasteiger partial charge in [-0.25, -0.2) is 4.68 Å². The summed E-state index contributed by atoms with van der Waals surface area (Å²) in [5.41, 5.74) is 1.74. The summed E-state index contributed by atoms with van der Waals surface area (Å²) in [5, 5.41) is 14.8. The van der Waals surface area contributed by atoms with Crippen LogP contribution in [0.25, 0.3) is 0 Å². The third kappa shape index (κ3) is 5.55. The predicted molar refractivity (Wildman–Crippen MR) is 101 cm³/mol. The van der Waals surface area contributed by atoms with Crippen LogP contribution in [0.1, 0.15) is 25.8 Å². The van der Waals surface area contributed by atoms with Crippen LogP contribution in [0, 0.1) is 6.92 Å². The number of nitrogens with zero attached hydrogens (tertiary/aromatic N) is 5. The smallest absolute Gasteiger partial charge is 0.244 e. The molecule has 140 valence electrons. The Morgan fingerprint density at radius 3 is 2.73 bits per heavy atom. The summed E-state index contributed by atoms with van der Waals surface area (Å²) in [5.74, 6) is -0.121. The van der Waals surface area contributed by atoms with E-state index >= 15 is 0 Å². The van der Waals surface area contributed by atoms with Gasteiger partial charge in [-0.15, -0.1) is 5.10 Å². The number of anilines is 1. The van der Waals surface area contributed by atoms with E-state index in [9.17, 15) is 9.59 Å². The van der Waals surface area contributed by atoms with Gasteiger partial charge in [0.1, 0.15) is 0 Å². The van der Waals surface area contributed by atoms with Crippen LogP contribution in [0.2, 0.25) is 0 Å². The van der Waals surface area contributed by atoms with Gasteiger partial charge in [-0.3, -0.25) is 9.59 Å². The molecule has 2 rings (SSSR count). The summed E-state index contributed by atoms with van der Waals surface area (Å²) < 4.78 is 1.63. The van der Waals surface area contributed by atoms with Gasteiger partial charge in [-0.1, -0.05) is 36.9 Å². The van der Waals surface area contributed by atoms with Gasteiger partial charge in [0.15, 0.2) is 0 Å². The minimum atomic E-state index is -0.204. The molecular formula is C17H24N6O2S. The number of nitrogens with one attached hydrogen (secondary N) is 1. The summed E-state index contributed by atoms with van der Waals surface area (Å²) in [6, 6.07) is 7.56. The van der Waals surface area contributed by atoms with Crippen molar-refractivity contribution in [2.24, 2.45) is 0 Å². The number of aryl methyl sites for hydroxylation is 2. The first-order valence-corrected chi connectivity index (χ1v) is 9.55. The predicted octanol–water partition coefficient (Wildman–Crippen LogP) is 1.97.